The van der Waals surface area contributed by atoms with Crippen LogP contribution >= 0.6 is 0 Å². The van der Waals surface area contributed by atoms with E-state index in [1.807, 2.05) is 12.1 Å². The van der Waals surface area contributed by atoms with Crippen LogP contribution in [0.5, 0.6) is 5.75 Å². The lowest BCUT2D eigenvalue weighted by Crippen LogP contribution is -2.19. The summed E-state index contributed by atoms with van der Waals surface area (Å²) in [6.07, 6.45) is 2.52. The molecule has 0 saturated carbocycles. The first kappa shape index (κ1) is 15.8. The lowest BCUT2D eigenvalue weighted by molar-refractivity contribution is 0.261. The Morgan fingerprint density at radius 1 is 1.32 bits per heavy atom. The van der Waals surface area contributed by atoms with Gasteiger partial charge in [-0.3, -0.25) is 0 Å². The van der Waals surface area contributed by atoms with Gasteiger partial charge in [-0.05, 0) is 38.6 Å². The number of rotatable bonds is 9. The summed E-state index contributed by atoms with van der Waals surface area (Å²) in [5, 5.41) is 3.48. The van der Waals surface area contributed by atoms with Gasteiger partial charge in [0.15, 0.2) is 0 Å². The normalized spacial score (nSPS) is 12.5. The molecule has 19 heavy (non-hydrogen) atoms. The summed E-state index contributed by atoms with van der Waals surface area (Å²) in [5.41, 5.74) is 1.14. The zero-order chi connectivity index (χ0) is 14.1. The van der Waals surface area contributed by atoms with Crippen molar-refractivity contribution < 1.29 is 4.74 Å². The summed E-state index contributed by atoms with van der Waals surface area (Å²) in [4.78, 5) is 2.12. The van der Waals surface area contributed by atoms with Crippen molar-refractivity contribution in [3.05, 3.63) is 24.3 Å². The fraction of sp³-hybridized carbons (Fsp3) is 0.625. The fourth-order valence-electron chi connectivity index (χ4n) is 1.93. The molecule has 108 valence electrons. The van der Waals surface area contributed by atoms with Gasteiger partial charge in [0.1, 0.15) is 12.4 Å². The van der Waals surface area contributed by atoms with Crippen molar-refractivity contribution in [1.29, 1.82) is 0 Å². The molecule has 3 heteroatoms. The van der Waals surface area contributed by atoms with Gasteiger partial charge in [-0.2, -0.15) is 0 Å². The number of anilines is 1. The predicted molar refractivity (Wildman–Crippen MR) is 83.1 cm³/mol. The minimum atomic E-state index is 0.711. The van der Waals surface area contributed by atoms with Crippen LogP contribution < -0.4 is 10.1 Å². The third kappa shape index (κ3) is 7.06. The van der Waals surface area contributed by atoms with E-state index < -0.39 is 0 Å². The Morgan fingerprint density at radius 2 is 2.11 bits per heavy atom. The van der Waals surface area contributed by atoms with Crippen LogP contribution in [-0.2, 0) is 0 Å². The molecule has 1 rings (SSSR count). The fourth-order valence-corrected chi connectivity index (χ4v) is 1.93. The van der Waals surface area contributed by atoms with Gasteiger partial charge < -0.3 is 15.0 Å². The number of hydrogen-bond donors (Lipinski definition) is 1. The molecule has 0 radical (unpaired) electrons. The van der Waals surface area contributed by atoms with Crippen LogP contribution in [0, 0.1) is 5.92 Å². The average molecular weight is 264 g/mol. The summed E-state index contributed by atoms with van der Waals surface area (Å²) >= 11 is 0. The molecular weight excluding hydrogens is 236 g/mol. The van der Waals surface area contributed by atoms with Gasteiger partial charge in [0.25, 0.3) is 0 Å². The minimum Gasteiger partial charge on any atom is -0.492 e. The number of ether oxygens (including phenoxy) is 1. The van der Waals surface area contributed by atoms with Crippen LogP contribution in [0.2, 0.25) is 0 Å². The van der Waals surface area contributed by atoms with Gasteiger partial charge in [0, 0.05) is 24.8 Å². The maximum absolute atomic E-state index is 5.73. The van der Waals surface area contributed by atoms with Gasteiger partial charge in [0.05, 0.1) is 0 Å². The van der Waals surface area contributed by atoms with Crippen molar-refractivity contribution in [2.75, 3.05) is 39.1 Å². The highest BCUT2D eigenvalue weighted by molar-refractivity contribution is 5.48. The largest absolute Gasteiger partial charge is 0.492 e. The highest BCUT2D eigenvalue weighted by atomic mass is 16.5. The molecule has 0 saturated heterocycles. The second-order valence-corrected chi connectivity index (χ2v) is 5.45. The van der Waals surface area contributed by atoms with E-state index in [-0.39, 0.29) is 0 Å². The molecule has 0 heterocycles. The van der Waals surface area contributed by atoms with Crippen LogP contribution in [0.25, 0.3) is 0 Å². The summed E-state index contributed by atoms with van der Waals surface area (Å²) in [7, 11) is 4.10. The quantitative estimate of drug-likeness (QED) is 0.739. The smallest absolute Gasteiger partial charge is 0.121 e. The van der Waals surface area contributed by atoms with Crippen LogP contribution in [0.3, 0.4) is 0 Å². The first-order chi connectivity index (χ1) is 9.11. The second-order valence-electron chi connectivity index (χ2n) is 5.45. The Labute approximate surface area is 118 Å². The van der Waals surface area contributed by atoms with E-state index in [4.69, 9.17) is 4.74 Å². The zero-order valence-electron chi connectivity index (χ0n) is 12.8. The monoisotopic (exact) mass is 264 g/mol. The van der Waals surface area contributed by atoms with Crippen molar-refractivity contribution in [2.24, 2.45) is 5.92 Å². The van der Waals surface area contributed by atoms with E-state index in [0.29, 0.717) is 5.92 Å². The molecule has 0 fully saturated rings. The Morgan fingerprint density at radius 3 is 2.79 bits per heavy atom. The third-order valence-electron chi connectivity index (χ3n) is 3.08. The molecule has 1 unspecified atom stereocenters. The molecule has 0 bridgehead atoms. The van der Waals surface area contributed by atoms with Crippen LogP contribution in [0.15, 0.2) is 24.3 Å². The molecule has 1 N–H and O–H groups in total. The highest BCUT2D eigenvalue weighted by Crippen LogP contribution is 2.18. The molecule has 1 atom stereocenters. The first-order valence-corrected chi connectivity index (χ1v) is 7.23. The molecule has 0 aliphatic heterocycles. The predicted octanol–water partition coefficient (Wildman–Crippen LogP) is 3.48. The Bertz CT molecular complexity index is 352. The first-order valence-electron chi connectivity index (χ1n) is 7.23. The summed E-state index contributed by atoms with van der Waals surface area (Å²) in [6.45, 7) is 7.20. The van der Waals surface area contributed by atoms with Gasteiger partial charge in [-0.1, -0.05) is 26.3 Å². The van der Waals surface area contributed by atoms with Gasteiger partial charge in [0.2, 0.25) is 0 Å². The molecular formula is C16H28N2O. The third-order valence-corrected chi connectivity index (χ3v) is 3.08. The van der Waals surface area contributed by atoms with Gasteiger partial charge in [-0.25, -0.2) is 0 Å². The lowest BCUT2D eigenvalue weighted by atomic mass is 10.1. The molecule has 0 aromatic heterocycles. The summed E-state index contributed by atoms with van der Waals surface area (Å²) in [6, 6.07) is 8.22. The Kier molecular flexibility index (Phi) is 7.34. The van der Waals surface area contributed by atoms with Gasteiger partial charge in [-0.15, -0.1) is 0 Å². The average Bonchev–Trinajstić information content (AvgIpc) is 2.37. The summed E-state index contributed by atoms with van der Waals surface area (Å²) in [5.74, 6) is 1.65. The van der Waals surface area contributed by atoms with Crippen molar-refractivity contribution in [1.82, 2.24) is 4.90 Å². The van der Waals surface area contributed by atoms with E-state index in [1.54, 1.807) is 0 Å². The van der Waals surface area contributed by atoms with E-state index >= 15 is 0 Å². The molecule has 1 aromatic rings. The zero-order valence-corrected chi connectivity index (χ0v) is 12.8. The SMILES string of the molecule is CCCC(C)CNc1cccc(OCCN(C)C)c1. The van der Waals surface area contributed by atoms with E-state index in [0.717, 1.165) is 31.1 Å². The Hall–Kier alpha value is -1.22. The molecule has 0 aliphatic carbocycles. The van der Waals surface area contributed by atoms with Crippen LogP contribution in [0.4, 0.5) is 5.69 Å². The molecule has 0 aliphatic rings. The van der Waals surface area contributed by atoms with Crippen molar-refractivity contribution in [2.45, 2.75) is 26.7 Å². The maximum Gasteiger partial charge on any atom is 0.121 e. The number of hydrogen-bond acceptors (Lipinski definition) is 3. The number of nitrogens with zero attached hydrogens (tertiary/aromatic N) is 1. The van der Waals surface area contributed by atoms with Gasteiger partial charge >= 0.3 is 0 Å². The van der Waals surface area contributed by atoms with Crippen molar-refractivity contribution in [3.63, 3.8) is 0 Å². The lowest BCUT2D eigenvalue weighted by Gasteiger charge is -2.14. The van der Waals surface area contributed by atoms with Crippen LogP contribution in [0.1, 0.15) is 26.7 Å². The Balaban J connectivity index is 2.38. The van der Waals surface area contributed by atoms with E-state index in [2.05, 4.69) is 50.3 Å². The molecule has 1 aromatic carbocycles. The number of likely N-dealkylation sites (N-methyl/N-ethyl adjacent to an activating group) is 1. The van der Waals surface area contributed by atoms with E-state index in [9.17, 15) is 0 Å². The summed E-state index contributed by atoms with van der Waals surface area (Å²) < 4.78 is 5.73. The van der Waals surface area contributed by atoms with Crippen molar-refractivity contribution >= 4 is 5.69 Å². The number of benzene rings is 1. The minimum absolute atomic E-state index is 0.711. The second kappa shape index (κ2) is 8.81. The van der Waals surface area contributed by atoms with E-state index in [1.165, 1.54) is 12.8 Å². The van der Waals surface area contributed by atoms with Crippen LogP contribution in [-0.4, -0.2) is 38.7 Å². The topological polar surface area (TPSA) is 24.5 Å². The molecule has 0 spiro atoms. The standard InChI is InChI=1S/C16H28N2O/c1-5-7-14(2)13-17-15-8-6-9-16(12-15)19-11-10-18(3)4/h6,8-9,12,14,17H,5,7,10-11,13H2,1-4H3. The molecule has 0 amide bonds. The number of nitrogens with one attached hydrogen (secondary N) is 1. The highest BCUT2D eigenvalue weighted by Gasteiger charge is 2.01. The maximum atomic E-state index is 5.73. The van der Waals surface area contributed by atoms with Crippen molar-refractivity contribution in [3.8, 4) is 5.75 Å². The molecule has 3 nitrogen and oxygen atoms in total.